The molecule has 0 aliphatic carbocycles. The molecule has 0 aromatic heterocycles. The SMILES string of the molecule is COc1cc(N2C(=O)NC(=O)/C(=C\c3ccc(OCc4cccc([N+](=O)[O-])c4)c(Br)c3)C2=O)c(OC)cc1Cl. The van der Waals surface area contributed by atoms with Gasteiger partial charge in [0.2, 0.25) is 0 Å². The molecule has 0 saturated carbocycles. The summed E-state index contributed by atoms with van der Waals surface area (Å²) in [6.45, 7) is 0.0745. The lowest BCUT2D eigenvalue weighted by molar-refractivity contribution is -0.384. The second-order valence-corrected chi connectivity index (χ2v) is 9.28. The van der Waals surface area contributed by atoms with E-state index >= 15 is 0 Å². The first-order valence-electron chi connectivity index (χ1n) is 11.1. The van der Waals surface area contributed by atoms with E-state index in [1.54, 1.807) is 30.3 Å². The molecule has 3 aromatic carbocycles. The maximum Gasteiger partial charge on any atom is 0.336 e. The molecule has 1 aliphatic rings. The van der Waals surface area contributed by atoms with E-state index in [0.717, 1.165) is 4.90 Å². The van der Waals surface area contributed by atoms with Crippen LogP contribution in [0.25, 0.3) is 6.08 Å². The molecule has 0 radical (unpaired) electrons. The number of amides is 4. The molecule has 4 rings (SSSR count). The van der Waals surface area contributed by atoms with Crippen molar-refractivity contribution in [2.45, 2.75) is 6.61 Å². The lowest BCUT2D eigenvalue weighted by atomic mass is 10.1. The number of benzene rings is 3. The molecule has 0 unspecified atom stereocenters. The number of ether oxygens (including phenoxy) is 3. The van der Waals surface area contributed by atoms with Gasteiger partial charge in [-0.2, -0.15) is 0 Å². The van der Waals surface area contributed by atoms with Gasteiger partial charge in [-0.15, -0.1) is 0 Å². The van der Waals surface area contributed by atoms with Crippen LogP contribution in [-0.4, -0.2) is 37.0 Å². The highest BCUT2D eigenvalue weighted by Gasteiger charge is 2.38. The summed E-state index contributed by atoms with van der Waals surface area (Å²) in [5.41, 5.74) is 0.743. The van der Waals surface area contributed by atoms with Gasteiger partial charge in [0.05, 0.1) is 34.3 Å². The number of methoxy groups -OCH3 is 2. The molecule has 3 aromatic rings. The fourth-order valence-corrected chi connectivity index (χ4v) is 4.45. The molecule has 4 amide bonds. The van der Waals surface area contributed by atoms with Crippen LogP contribution >= 0.6 is 27.5 Å². The maximum atomic E-state index is 13.4. The topological polar surface area (TPSA) is 137 Å². The first-order valence-corrected chi connectivity index (χ1v) is 12.3. The number of nitro groups is 1. The zero-order valence-corrected chi connectivity index (χ0v) is 22.7. The number of hydrogen-bond donors (Lipinski definition) is 1. The normalized spacial score (nSPS) is 14.3. The van der Waals surface area contributed by atoms with E-state index in [1.807, 2.05) is 0 Å². The number of urea groups is 1. The zero-order valence-electron chi connectivity index (χ0n) is 20.4. The Bertz CT molecular complexity index is 1540. The fourth-order valence-electron chi connectivity index (χ4n) is 3.71. The van der Waals surface area contributed by atoms with Crippen molar-refractivity contribution in [3.05, 3.63) is 90.9 Å². The molecule has 0 atom stereocenters. The summed E-state index contributed by atoms with van der Waals surface area (Å²) in [5, 5.41) is 13.3. The van der Waals surface area contributed by atoms with Crippen LogP contribution in [-0.2, 0) is 16.2 Å². The summed E-state index contributed by atoms with van der Waals surface area (Å²) in [5.74, 6) is -1.01. The Balaban J connectivity index is 1.60. The van der Waals surface area contributed by atoms with Crippen LogP contribution in [0.3, 0.4) is 0 Å². The molecule has 1 saturated heterocycles. The molecular weight excluding hydrogens is 598 g/mol. The van der Waals surface area contributed by atoms with Gasteiger partial charge in [-0.3, -0.25) is 25.0 Å². The first kappa shape index (κ1) is 27.6. The molecule has 1 fully saturated rings. The average molecular weight is 617 g/mol. The van der Waals surface area contributed by atoms with E-state index in [4.69, 9.17) is 25.8 Å². The van der Waals surface area contributed by atoms with Crippen molar-refractivity contribution in [2.75, 3.05) is 19.1 Å². The second-order valence-electron chi connectivity index (χ2n) is 8.02. The molecule has 0 spiro atoms. The van der Waals surface area contributed by atoms with E-state index in [-0.39, 0.29) is 40.1 Å². The van der Waals surface area contributed by atoms with E-state index in [0.29, 0.717) is 21.3 Å². The smallest absolute Gasteiger partial charge is 0.336 e. The van der Waals surface area contributed by atoms with Crippen molar-refractivity contribution in [1.82, 2.24) is 5.32 Å². The molecule has 39 heavy (non-hydrogen) atoms. The standard InChI is InChI=1S/C26H19BrClN3O8/c1-37-22-12-20(23(38-2)11-19(22)28)30-25(33)17(24(32)29-26(30)34)9-14-6-7-21(18(27)10-14)39-13-15-4-3-5-16(8-15)31(35)36/h3-12H,13H2,1-2H3,(H,29,32,34)/b17-9+. The lowest BCUT2D eigenvalue weighted by Gasteiger charge is -2.28. The molecule has 200 valence electrons. The third-order valence-electron chi connectivity index (χ3n) is 5.58. The average Bonchev–Trinajstić information content (AvgIpc) is 2.91. The number of anilines is 1. The van der Waals surface area contributed by atoms with Crippen molar-refractivity contribution >= 4 is 62.8 Å². The lowest BCUT2D eigenvalue weighted by Crippen LogP contribution is -2.54. The van der Waals surface area contributed by atoms with E-state index in [9.17, 15) is 24.5 Å². The van der Waals surface area contributed by atoms with E-state index in [2.05, 4.69) is 21.2 Å². The van der Waals surface area contributed by atoms with Gasteiger partial charge in [0.25, 0.3) is 17.5 Å². The van der Waals surface area contributed by atoms with Gasteiger partial charge >= 0.3 is 6.03 Å². The molecule has 0 bridgehead atoms. The van der Waals surface area contributed by atoms with Crippen molar-refractivity contribution in [3.8, 4) is 17.2 Å². The van der Waals surface area contributed by atoms with Crippen LogP contribution in [0.4, 0.5) is 16.2 Å². The van der Waals surface area contributed by atoms with Crippen LogP contribution in [0, 0.1) is 10.1 Å². The predicted octanol–water partition coefficient (Wildman–Crippen LogP) is 5.27. The number of hydrogen-bond acceptors (Lipinski definition) is 8. The summed E-state index contributed by atoms with van der Waals surface area (Å²) in [6, 6.07) is 12.7. The van der Waals surface area contributed by atoms with Gasteiger partial charge in [-0.1, -0.05) is 29.8 Å². The van der Waals surface area contributed by atoms with Gasteiger partial charge in [0.15, 0.2) is 0 Å². The predicted molar refractivity (Wildman–Crippen MR) is 145 cm³/mol. The monoisotopic (exact) mass is 615 g/mol. The van der Waals surface area contributed by atoms with E-state index in [1.165, 1.54) is 44.6 Å². The van der Waals surface area contributed by atoms with Crippen molar-refractivity contribution in [1.29, 1.82) is 0 Å². The Kier molecular flexibility index (Phi) is 8.17. The fraction of sp³-hybridized carbons (Fsp3) is 0.115. The van der Waals surface area contributed by atoms with Gasteiger partial charge in [0, 0.05) is 24.3 Å². The highest BCUT2D eigenvalue weighted by atomic mass is 79.9. The number of non-ortho nitro benzene ring substituents is 1. The summed E-state index contributed by atoms with van der Waals surface area (Å²) >= 11 is 9.54. The number of nitrogens with zero attached hydrogens (tertiary/aromatic N) is 2. The Hall–Kier alpha value is -4.42. The largest absolute Gasteiger partial charge is 0.495 e. The number of imide groups is 2. The molecule has 1 N–H and O–H groups in total. The second kappa shape index (κ2) is 11.5. The number of barbiturate groups is 1. The van der Waals surface area contributed by atoms with Crippen molar-refractivity contribution < 1.29 is 33.5 Å². The number of carbonyl (C=O) groups excluding carboxylic acids is 3. The number of carbonyl (C=O) groups is 3. The minimum atomic E-state index is -0.962. The molecular formula is C26H19BrClN3O8. The van der Waals surface area contributed by atoms with Crippen LogP contribution in [0.1, 0.15) is 11.1 Å². The van der Waals surface area contributed by atoms with E-state index < -0.39 is 22.8 Å². The molecule has 1 heterocycles. The number of rotatable bonds is 8. The van der Waals surface area contributed by atoms with Crippen LogP contribution < -0.4 is 24.4 Å². The highest BCUT2D eigenvalue weighted by Crippen LogP contribution is 2.39. The first-order chi connectivity index (χ1) is 18.6. The van der Waals surface area contributed by atoms with Crippen LogP contribution in [0.5, 0.6) is 17.2 Å². The zero-order chi connectivity index (χ0) is 28.3. The molecule has 13 heteroatoms. The van der Waals surface area contributed by atoms with Crippen molar-refractivity contribution in [3.63, 3.8) is 0 Å². The molecule has 11 nitrogen and oxygen atoms in total. The Morgan fingerprint density at radius 3 is 2.44 bits per heavy atom. The summed E-state index contributed by atoms with van der Waals surface area (Å²) in [4.78, 5) is 49.9. The van der Waals surface area contributed by atoms with Gasteiger partial charge in [-0.05, 0) is 45.3 Å². The number of nitro benzene ring substituents is 1. The van der Waals surface area contributed by atoms with Gasteiger partial charge in [-0.25, -0.2) is 9.69 Å². The maximum absolute atomic E-state index is 13.4. The van der Waals surface area contributed by atoms with Gasteiger partial charge < -0.3 is 14.2 Å². The minimum Gasteiger partial charge on any atom is -0.495 e. The molecule has 1 aliphatic heterocycles. The highest BCUT2D eigenvalue weighted by molar-refractivity contribution is 9.10. The van der Waals surface area contributed by atoms with Gasteiger partial charge in [0.1, 0.15) is 29.4 Å². The number of nitrogens with one attached hydrogen (secondary N) is 1. The quantitative estimate of drug-likeness (QED) is 0.156. The summed E-state index contributed by atoms with van der Waals surface area (Å²) in [7, 11) is 2.72. The van der Waals surface area contributed by atoms with Crippen LogP contribution in [0.15, 0.2) is 64.6 Å². The third kappa shape index (κ3) is 5.86. The third-order valence-corrected chi connectivity index (χ3v) is 6.49. The Morgan fingerprint density at radius 2 is 1.77 bits per heavy atom. The Morgan fingerprint density at radius 1 is 1.03 bits per heavy atom. The minimum absolute atomic E-state index is 0.0331. The Labute approximate surface area is 235 Å². The number of halogens is 2. The van der Waals surface area contributed by atoms with Crippen molar-refractivity contribution in [2.24, 2.45) is 0 Å². The van der Waals surface area contributed by atoms with Crippen LogP contribution in [0.2, 0.25) is 5.02 Å². The summed E-state index contributed by atoms with van der Waals surface area (Å²) in [6.07, 6.45) is 1.33. The summed E-state index contributed by atoms with van der Waals surface area (Å²) < 4.78 is 16.7.